The highest BCUT2D eigenvalue weighted by Crippen LogP contribution is 2.38. The topological polar surface area (TPSA) is 65.7 Å². The number of rotatable bonds is 4. The third-order valence-electron chi connectivity index (χ3n) is 3.04. The van der Waals surface area contributed by atoms with E-state index in [1.807, 2.05) is 0 Å². The Morgan fingerprint density at radius 2 is 2.10 bits per heavy atom. The zero-order valence-electron chi connectivity index (χ0n) is 11.1. The van der Waals surface area contributed by atoms with Crippen molar-refractivity contribution in [2.24, 2.45) is 7.05 Å². The third kappa shape index (κ3) is 3.11. The average molecular weight is 299 g/mol. The molecule has 2 aromatic heterocycles. The lowest BCUT2D eigenvalue weighted by molar-refractivity contribution is -0.141. The second-order valence-electron chi connectivity index (χ2n) is 4.80. The molecular weight excluding hydrogens is 287 g/mol. The molecule has 0 atom stereocenters. The number of ether oxygens (including phenoxy) is 1. The summed E-state index contributed by atoms with van der Waals surface area (Å²) >= 11 is 0. The van der Waals surface area contributed by atoms with Crippen molar-refractivity contribution in [2.45, 2.75) is 31.5 Å². The van der Waals surface area contributed by atoms with Crippen LogP contribution in [0.3, 0.4) is 0 Å². The molecule has 112 valence electrons. The standard InChI is InChI=1S/C12H12F3N5O/c1-20-10(7-2-3-7)18-9(19-20)6-21-11-16-5-4-8(17-11)12(13,14)15/h4-5,7H,2-3,6H2,1H3. The highest BCUT2D eigenvalue weighted by molar-refractivity contribution is 5.09. The van der Waals surface area contributed by atoms with Gasteiger partial charge in [-0.3, -0.25) is 4.68 Å². The van der Waals surface area contributed by atoms with Gasteiger partial charge in [0, 0.05) is 19.2 Å². The van der Waals surface area contributed by atoms with Crippen molar-refractivity contribution < 1.29 is 17.9 Å². The van der Waals surface area contributed by atoms with E-state index in [4.69, 9.17) is 4.74 Å². The van der Waals surface area contributed by atoms with Gasteiger partial charge >= 0.3 is 12.2 Å². The van der Waals surface area contributed by atoms with Crippen LogP contribution in [-0.2, 0) is 19.8 Å². The number of aromatic nitrogens is 5. The molecule has 0 saturated heterocycles. The minimum absolute atomic E-state index is 0.0676. The fourth-order valence-electron chi connectivity index (χ4n) is 1.91. The van der Waals surface area contributed by atoms with Crippen LogP contribution in [0.4, 0.5) is 13.2 Å². The molecule has 1 aliphatic rings. The summed E-state index contributed by atoms with van der Waals surface area (Å²) in [5.74, 6) is 1.71. The molecule has 0 N–H and O–H groups in total. The largest absolute Gasteiger partial charge is 0.455 e. The lowest BCUT2D eigenvalue weighted by Gasteiger charge is -2.06. The molecule has 0 unspecified atom stereocenters. The molecule has 1 saturated carbocycles. The summed E-state index contributed by atoms with van der Waals surface area (Å²) in [6, 6.07) is 0.446. The Hall–Kier alpha value is -2.19. The van der Waals surface area contributed by atoms with Gasteiger partial charge in [-0.1, -0.05) is 0 Å². The zero-order chi connectivity index (χ0) is 15.0. The molecule has 1 aliphatic carbocycles. The molecule has 6 nitrogen and oxygen atoms in total. The van der Waals surface area contributed by atoms with Crippen LogP contribution in [0.15, 0.2) is 12.3 Å². The summed E-state index contributed by atoms with van der Waals surface area (Å²) in [7, 11) is 1.78. The monoisotopic (exact) mass is 299 g/mol. The van der Waals surface area contributed by atoms with Crippen LogP contribution >= 0.6 is 0 Å². The normalized spacial score (nSPS) is 15.2. The van der Waals surface area contributed by atoms with E-state index in [1.54, 1.807) is 11.7 Å². The number of alkyl halides is 3. The van der Waals surface area contributed by atoms with Gasteiger partial charge in [0.15, 0.2) is 18.1 Å². The maximum Gasteiger partial charge on any atom is 0.433 e. The molecule has 0 radical (unpaired) electrons. The summed E-state index contributed by atoms with van der Waals surface area (Å²) < 4.78 is 44.3. The number of nitrogens with zero attached hydrogens (tertiary/aromatic N) is 5. The van der Waals surface area contributed by atoms with Crippen molar-refractivity contribution >= 4 is 0 Å². The minimum Gasteiger partial charge on any atom is -0.455 e. The highest BCUT2D eigenvalue weighted by Gasteiger charge is 2.33. The summed E-state index contributed by atoms with van der Waals surface area (Å²) in [4.78, 5) is 11.3. The van der Waals surface area contributed by atoms with Crippen LogP contribution in [0, 0.1) is 0 Å². The van der Waals surface area contributed by atoms with Gasteiger partial charge < -0.3 is 4.74 Å². The van der Waals surface area contributed by atoms with Crippen molar-refractivity contribution in [3.8, 4) is 6.01 Å². The van der Waals surface area contributed by atoms with Crippen LogP contribution in [-0.4, -0.2) is 24.7 Å². The molecule has 0 bridgehead atoms. The maximum absolute atomic E-state index is 12.5. The minimum atomic E-state index is -4.52. The van der Waals surface area contributed by atoms with Gasteiger partial charge in [0.1, 0.15) is 5.82 Å². The lowest BCUT2D eigenvalue weighted by Crippen LogP contribution is -2.10. The Morgan fingerprint density at radius 3 is 2.76 bits per heavy atom. The predicted octanol–water partition coefficient (Wildman–Crippen LogP) is 2.08. The van der Waals surface area contributed by atoms with Gasteiger partial charge in [-0.2, -0.15) is 23.3 Å². The number of aryl methyl sites for hydroxylation is 1. The first-order chi connectivity index (χ1) is 9.93. The predicted molar refractivity (Wildman–Crippen MR) is 64.3 cm³/mol. The van der Waals surface area contributed by atoms with Crippen LogP contribution in [0.1, 0.15) is 36.1 Å². The molecule has 0 spiro atoms. The molecule has 21 heavy (non-hydrogen) atoms. The van der Waals surface area contributed by atoms with E-state index >= 15 is 0 Å². The molecule has 0 amide bonds. The highest BCUT2D eigenvalue weighted by atomic mass is 19.4. The van der Waals surface area contributed by atoms with Crippen LogP contribution in [0.25, 0.3) is 0 Å². The van der Waals surface area contributed by atoms with E-state index in [2.05, 4.69) is 20.1 Å². The lowest BCUT2D eigenvalue weighted by atomic mass is 10.4. The Kier molecular flexibility index (Phi) is 3.26. The summed E-state index contributed by atoms with van der Waals surface area (Å²) in [5.41, 5.74) is -1.04. The van der Waals surface area contributed by atoms with Crippen LogP contribution in [0.2, 0.25) is 0 Å². The molecule has 2 aromatic rings. The summed E-state index contributed by atoms with van der Waals surface area (Å²) in [5, 5.41) is 4.16. The van der Waals surface area contributed by atoms with E-state index in [9.17, 15) is 13.2 Å². The van der Waals surface area contributed by atoms with Crippen LogP contribution in [0.5, 0.6) is 6.01 Å². The second kappa shape index (κ2) is 4.97. The van der Waals surface area contributed by atoms with Crippen molar-refractivity contribution in [2.75, 3.05) is 0 Å². The summed E-state index contributed by atoms with van der Waals surface area (Å²) in [6.45, 7) is -0.0676. The van der Waals surface area contributed by atoms with E-state index in [0.29, 0.717) is 11.7 Å². The van der Waals surface area contributed by atoms with E-state index in [0.717, 1.165) is 30.9 Å². The first-order valence-electron chi connectivity index (χ1n) is 6.36. The molecule has 2 heterocycles. The molecule has 1 fully saturated rings. The third-order valence-corrected chi connectivity index (χ3v) is 3.04. The van der Waals surface area contributed by atoms with Crippen molar-refractivity contribution in [3.05, 3.63) is 29.6 Å². The van der Waals surface area contributed by atoms with Gasteiger partial charge in [0.25, 0.3) is 0 Å². The number of hydrogen-bond acceptors (Lipinski definition) is 5. The maximum atomic E-state index is 12.5. The van der Waals surface area contributed by atoms with Gasteiger partial charge in [-0.15, -0.1) is 0 Å². The average Bonchev–Trinajstić information content (AvgIpc) is 3.20. The van der Waals surface area contributed by atoms with Gasteiger partial charge in [0.05, 0.1) is 0 Å². The fourth-order valence-corrected chi connectivity index (χ4v) is 1.91. The Labute approximate surface area is 118 Å². The fraction of sp³-hybridized carbons (Fsp3) is 0.500. The van der Waals surface area contributed by atoms with E-state index in [1.165, 1.54) is 0 Å². The Bertz CT molecular complexity index is 651. The number of hydrogen-bond donors (Lipinski definition) is 0. The van der Waals surface area contributed by atoms with Crippen LogP contribution < -0.4 is 4.74 Å². The van der Waals surface area contributed by atoms with Gasteiger partial charge in [-0.25, -0.2) is 9.97 Å². The first kappa shape index (κ1) is 13.8. The molecule has 3 rings (SSSR count). The molecule has 0 aliphatic heterocycles. The van der Waals surface area contributed by atoms with Gasteiger partial charge in [-0.05, 0) is 18.9 Å². The van der Waals surface area contributed by atoms with Crippen molar-refractivity contribution in [1.82, 2.24) is 24.7 Å². The SMILES string of the molecule is Cn1nc(COc2nccc(C(F)(F)F)n2)nc1C1CC1. The molecule has 9 heteroatoms. The summed E-state index contributed by atoms with van der Waals surface area (Å²) in [6.07, 6.45) is -1.34. The van der Waals surface area contributed by atoms with Crippen molar-refractivity contribution in [1.29, 1.82) is 0 Å². The molecular formula is C12H12F3N5O. The number of halogens is 3. The van der Waals surface area contributed by atoms with E-state index < -0.39 is 11.9 Å². The van der Waals surface area contributed by atoms with Crippen molar-refractivity contribution in [3.63, 3.8) is 0 Å². The zero-order valence-corrected chi connectivity index (χ0v) is 11.1. The Morgan fingerprint density at radius 1 is 1.33 bits per heavy atom. The Balaban J connectivity index is 1.68. The molecule has 0 aromatic carbocycles. The van der Waals surface area contributed by atoms with Gasteiger partial charge in [0.2, 0.25) is 0 Å². The smallest absolute Gasteiger partial charge is 0.433 e. The second-order valence-corrected chi connectivity index (χ2v) is 4.80. The van der Waals surface area contributed by atoms with E-state index in [-0.39, 0.29) is 12.6 Å². The quantitative estimate of drug-likeness (QED) is 0.864. The first-order valence-corrected chi connectivity index (χ1v) is 6.36.